The molecule has 1 heterocycles. The van der Waals surface area contributed by atoms with Crippen LogP contribution in [0.25, 0.3) is 0 Å². The van der Waals surface area contributed by atoms with E-state index in [-0.39, 0.29) is 17.8 Å². The summed E-state index contributed by atoms with van der Waals surface area (Å²) in [7, 11) is 0. The molecule has 1 aromatic heterocycles. The molecule has 1 amide bonds. The normalized spacial score (nSPS) is 12.5. The van der Waals surface area contributed by atoms with Gasteiger partial charge < -0.3 is 5.32 Å². The molecule has 1 rings (SSSR count). The Bertz CT molecular complexity index is 300. The lowest BCUT2D eigenvalue weighted by molar-refractivity contribution is -0.119. The molecule has 5 heteroatoms. The number of hydrogen-bond donors (Lipinski definition) is 1. The van der Waals surface area contributed by atoms with E-state index in [1.165, 1.54) is 11.3 Å². The van der Waals surface area contributed by atoms with Crippen LogP contribution in [0.15, 0.2) is 12.1 Å². The Hall–Kier alpha value is -0.250. The van der Waals surface area contributed by atoms with Crippen molar-refractivity contribution in [3.05, 3.63) is 21.3 Å². The van der Waals surface area contributed by atoms with E-state index in [4.69, 9.17) is 23.2 Å². The highest BCUT2D eigenvalue weighted by molar-refractivity contribution is 7.16. The third kappa shape index (κ3) is 3.18. The first kappa shape index (κ1) is 10.8. The van der Waals surface area contributed by atoms with Crippen LogP contribution in [0.2, 0.25) is 4.34 Å². The molecule has 1 unspecified atom stereocenters. The first-order valence-electron chi connectivity index (χ1n) is 3.74. The van der Waals surface area contributed by atoms with Gasteiger partial charge in [-0.15, -0.1) is 22.9 Å². The molecule has 0 spiro atoms. The lowest BCUT2D eigenvalue weighted by atomic mass is 10.3. The molecule has 0 bridgehead atoms. The van der Waals surface area contributed by atoms with Gasteiger partial charge in [-0.3, -0.25) is 4.79 Å². The zero-order valence-corrected chi connectivity index (χ0v) is 9.34. The molecular formula is C8H9Cl2NOS. The van der Waals surface area contributed by atoms with E-state index in [1.54, 1.807) is 0 Å². The third-order valence-corrected chi connectivity index (χ3v) is 3.18. The minimum atomic E-state index is -0.168. The average Bonchev–Trinajstić information content (AvgIpc) is 2.51. The number of nitrogens with one attached hydrogen (secondary N) is 1. The Labute approximate surface area is 90.8 Å². The summed E-state index contributed by atoms with van der Waals surface area (Å²) in [6.45, 7) is 1.90. The van der Waals surface area contributed by atoms with Gasteiger partial charge in [-0.2, -0.15) is 0 Å². The van der Waals surface area contributed by atoms with Gasteiger partial charge in [0.25, 0.3) is 0 Å². The summed E-state index contributed by atoms with van der Waals surface area (Å²) < 4.78 is 0.724. The number of hydrogen-bond acceptors (Lipinski definition) is 2. The number of amides is 1. The lowest BCUT2D eigenvalue weighted by Crippen LogP contribution is -2.26. The Morgan fingerprint density at radius 1 is 1.69 bits per heavy atom. The maximum atomic E-state index is 10.9. The highest BCUT2D eigenvalue weighted by Gasteiger charge is 2.10. The summed E-state index contributed by atoms with van der Waals surface area (Å²) in [6.07, 6.45) is 0. The topological polar surface area (TPSA) is 29.1 Å². The zero-order chi connectivity index (χ0) is 9.84. The number of halogens is 2. The standard InChI is InChI=1S/C8H9Cl2NOS/c1-5(11-8(12)4-9)6-2-3-7(10)13-6/h2-3,5H,4H2,1H3,(H,11,12). The van der Waals surface area contributed by atoms with Crippen LogP contribution in [0.1, 0.15) is 17.8 Å². The SMILES string of the molecule is CC(NC(=O)CCl)c1ccc(Cl)s1. The van der Waals surface area contributed by atoms with Gasteiger partial charge >= 0.3 is 0 Å². The van der Waals surface area contributed by atoms with Crippen LogP contribution in [-0.2, 0) is 4.79 Å². The minimum absolute atomic E-state index is 0.0105. The van der Waals surface area contributed by atoms with Crippen molar-refractivity contribution in [2.75, 3.05) is 5.88 Å². The summed E-state index contributed by atoms with van der Waals surface area (Å²) in [5, 5.41) is 2.74. The van der Waals surface area contributed by atoms with Gasteiger partial charge in [0.15, 0.2) is 0 Å². The smallest absolute Gasteiger partial charge is 0.235 e. The van der Waals surface area contributed by atoms with Gasteiger partial charge in [-0.05, 0) is 19.1 Å². The van der Waals surface area contributed by atoms with Crippen molar-refractivity contribution in [3.8, 4) is 0 Å². The summed E-state index contributed by atoms with van der Waals surface area (Å²) in [5.74, 6) is -0.178. The van der Waals surface area contributed by atoms with E-state index < -0.39 is 0 Å². The summed E-state index contributed by atoms with van der Waals surface area (Å²) in [4.78, 5) is 12.0. The molecular weight excluding hydrogens is 229 g/mol. The van der Waals surface area contributed by atoms with Crippen molar-refractivity contribution in [2.24, 2.45) is 0 Å². The highest BCUT2D eigenvalue weighted by Crippen LogP contribution is 2.26. The van der Waals surface area contributed by atoms with Crippen LogP contribution < -0.4 is 5.32 Å². The van der Waals surface area contributed by atoms with E-state index in [2.05, 4.69) is 5.32 Å². The van der Waals surface area contributed by atoms with Gasteiger partial charge in [-0.1, -0.05) is 11.6 Å². The van der Waals surface area contributed by atoms with Crippen molar-refractivity contribution in [2.45, 2.75) is 13.0 Å². The summed E-state index contributed by atoms with van der Waals surface area (Å²) >= 11 is 12.6. The predicted molar refractivity (Wildman–Crippen MR) is 56.6 cm³/mol. The van der Waals surface area contributed by atoms with Crippen molar-refractivity contribution >= 4 is 40.4 Å². The Balaban J connectivity index is 2.58. The van der Waals surface area contributed by atoms with E-state index in [1.807, 2.05) is 19.1 Å². The van der Waals surface area contributed by atoms with Crippen LogP contribution in [0.4, 0.5) is 0 Å². The number of rotatable bonds is 3. The summed E-state index contributed by atoms with van der Waals surface area (Å²) in [5.41, 5.74) is 0. The van der Waals surface area contributed by atoms with Crippen LogP contribution in [0, 0.1) is 0 Å². The maximum absolute atomic E-state index is 10.9. The van der Waals surface area contributed by atoms with E-state index in [9.17, 15) is 4.79 Å². The van der Waals surface area contributed by atoms with E-state index in [0.717, 1.165) is 9.21 Å². The number of carbonyl (C=O) groups excluding carboxylic acids is 1. The molecule has 1 atom stereocenters. The van der Waals surface area contributed by atoms with Gasteiger partial charge in [-0.25, -0.2) is 0 Å². The molecule has 0 aliphatic rings. The molecule has 0 fully saturated rings. The quantitative estimate of drug-likeness (QED) is 0.806. The Kier molecular flexibility index (Phi) is 4.03. The van der Waals surface area contributed by atoms with Crippen LogP contribution in [0.3, 0.4) is 0 Å². The average molecular weight is 238 g/mol. The predicted octanol–water partition coefficient (Wildman–Crippen LogP) is 2.82. The van der Waals surface area contributed by atoms with Crippen molar-refractivity contribution in [1.29, 1.82) is 0 Å². The number of carbonyl (C=O) groups is 1. The molecule has 0 saturated heterocycles. The van der Waals surface area contributed by atoms with Crippen molar-refractivity contribution < 1.29 is 4.79 Å². The Morgan fingerprint density at radius 3 is 2.85 bits per heavy atom. The number of alkyl halides is 1. The molecule has 0 saturated carbocycles. The van der Waals surface area contributed by atoms with E-state index in [0.29, 0.717) is 0 Å². The molecule has 0 aliphatic heterocycles. The molecule has 1 aromatic rings. The second-order valence-electron chi connectivity index (χ2n) is 2.56. The van der Waals surface area contributed by atoms with Gasteiger partial charge in [0, 0.05) is 4.88 Å². The number of thiophene rings is 1. The van der Waals surface area contributed by atoms with Gasteiger partial charge in [0.05, 0.1) is 10.4 Å². The monoisotopic (exact) mass is 237 g/mol. The molecule has 0 aromatic carbocycles. The van der Waals surface area contributed by atoms with Crippen molar-refractivity contribution in [3.63, 3.8) is 0 Å². The second kappa shape index (κ2) is 4.84. The van der Waals surface area contributed by atoms with Crippen LogP contribution in [0.5, 0.6) is 0 Å². The highest BCUT2D eigenvalue weighted by atomic mass is 35.5. The Morgan fingerprint density at radius 2 is 2.38 bits per heavy atom. The molecule has 13 heavy (non-hydrogen) atoms. The van der Waals surface area contributed by atoms with Crippen LogP contribution in [-0.4, -0.2) is 11.8 Å². The first-order chi connectivity index (χ1) is 6.13. The largest absolute Gasteiger partial charge is 0.348 e. The first-order valence-corrected chi connectivity index (χ1v) is 5.47. The second-order valence-corrected chi connectivity index (χ2v) is 4.58. The van der Waals surface area contributed by atoms with Gasteiger partial charge in [0.1, 0.15) is 5.88 Å². The van der Waals surface area contributed by atoms with Gasteiger partial charge in [0.2, 0.25) is 5.91 Å². The molecule has 0 aliphatic carbocycles. The lowest BCUT2D eigenvalue weighted by Gasteiger charge is -2.10. The molecule has 0 radical (unpaired) electrons. The fraction of sp³-hybridized carbons (Fsp3) is 0.375. The zero-order valence-electron chi connectivity index (χ0n) is 7.01. The molecule has 1 N–H and O–H groups in total. The van der Waals surface area contributed by atoms with Crippen LogP contribution >= 0.6 is 34.5 Å². The maximum Gasteiger partial charge on any atom is 0.235 e. The van der Waals surface area contributed by atoms with Crippen molar-refractivity contribution in [1.82, 2.24) is 5.32 Å². The fourth-order valence-corrected chi connectivity index (χ4v) is 2.05. The molecule has 2 nitrogen and oxygen atoms in total. The van der Waals surface area contributed by atoms with E-state index >= 15 is 0 Å². The fourth-order valence-electron chi connectivity index (χ4n) is 0.912. The minimum Gasteiger partial charge on any atom is -0.348 e. The summed E-state index contributed by atoms with van der Waals surface area (Å²) in [6, 6.07) is 3.68. The molecule has 72 valence electrons. The third-order valence-electron chi connectivity index (χ3n) is 1.52.